The Labute approximate surface area is 440 Å². The first-order valence-electron chi connectivity index (χ1n) is 28.2. The van der Waals surface area contributed by atoms with E-state index in [-0.39, 0.29) is 18.9 Å². The number of ether oxygens (including phenoxy) is 6. The Kier molecular flexibility index (Phi) is 35.3. The van der Waals surface area contributed by atoms with Crippen molar-refractivity contribution in [2.75, 3.05) is 26.4 Å². The van der Waals surface area contributed by atoms with Gasteiger partial charge in [0.2, 0.25) is 5.91 Å². The predicted octanol–water partition coefficient (Wildman–Crippen LogP) is 3.76. The van der Waals surface area contributed by atoms with Crippen LogP contribution in [0.1, 0.15) is 174 Å². The van der Waals surface area contributed by atoms with Gasteiger partial charge in [0.1, 0.15) is 73.2 Å². The zero-order valence-electron chi connectivity index (χ0n) is 44.6. The van der Waals surface area contributed by atoms with E-state index in [4.69, 9.17) is 28.4 Å². The second kappa shape index (κ2) is 39.4. The van der Waals surface area contributed by atoms with Gasteiger partial charge < -0.3 is 89.9 Å². The van der Waals surface area contributed by atoms with Crippen LogP contribution in [0.3, 0.4) is 0 Å². The Morgan fingerprint density at radius 1 is 0.473 bits per heavy atom. The lowest BCUT2D eigenvalue weighted by molar-refractivity contribution is -0.379. The third-order valence-electron chi connectivity index (χ3n) is 14.2. The van der Waals surface area contributed by atoms with Gasteiger partial charge in [-0.05, 0) is 38.5 Å². The second-order valence-corrected chi connectivity index (χ2v) is 20.4. The van der Waals surface area contributed by atoms with E-state index in [1.165, 1.54) is 89.9 Å². The van der Waals surface area contributed by atoms with Crippen molar-refractivity contribution in [1.29, 1.82) is 0 Å². The number of unbranched alkanes of at least 4 members (excludes halogenated alkanes) is 20. The second-order valence-electron chi connectivity index (χ2n) is 20.4. The SMILES string of the molecule is CCC/C=C/CC/C=C/CC/C=C/C(O)C(COC1OC(CO)C(OC2OC(CO)C(OC3OC(CO)C(O)C(O)C3O)C(O)C2O)C(O)C1O)NC(=O)CCCCCCCCCCCCCCCCCCCC. The molecule has 3 rings (SSSR count). The number of allylic oxidation sites excluding steroid dienone is 5. The first kappa shape index (κ1) is 66.3. The maximum absolute atomic E-state index is 13.3. The van der Waals surface area contributed by atoms with Crippen LogP contribution in [0.4, 0.5) is 0 Å². The number of amides is 1. The molecule has 17 atom stereocenters. The molecule has 0 aromatic rings. The number of nitrogens with one attached hydrogen (secondary N) is 1. The number of carbonyl (C=O) groups is 1. The molecule has 19 nitrogen and oxygen atoms in total. The zero-order chi connectivity index (χ0) is 54.1. The maximum Gasteiger partial charge on any atom is 0.220 e. The van der Waals surface area contributed by atoms with E-state index in [9.17, 15) is 61.0 Å². The Hall–Kier alpha value is -1.99. The van der Waals surface area contributed by atoms with Crippen molar-refractivity contribution in [3.05, 3.63) is 36.5 Å². The average Bonchev–Trinajstić information content (AvgIpc) is 3.40. The van der Waals surface area contributed by atoms with Gasteiger partial charge in [0.25, 0.3) is 0 Å². The van der Waals surface area contributed by atoms with E-state index in [2.05, 4.69) is 43.5 Å². The highest BCUT2D eigenvalue weighted by molar-refractivity contribution is 5.76. The maximum atomic E-state index is 13.3. The summed E-state index contributed by atoms with van der Waals surface area (Å²) in [5.74, 6) is -0.291. The monoisotopic (exact) mass is 1060 g/mol. The molecule has 0 spiro atoms. The standard InChI is InChI=1S/C55H99NO18/c1-3-5-7-9-11-13-15-16-17-18-19-20-21-23-25-27-29-31-33-43(61)56-38(39(60)32-30-28-26-24-22-14-12-10-8-6-4-2)37-69-53-49(67)46(64)51(41(35-58)71-53)74-55-50(68)47(65)52(42(36-59)72-55)73-54-48(66)45(63)44(62)40(34-57)70-54/h8,10,22,24,30,32,38-42,44-55,57-60,62-68H,3-7,9,11-21,23,25-29,31,33-37H2,1-2H3,(H,56,61)/b10-8+,24-22+,32-30+. The van der Waals surface area contributed by atoms with Gasteiger partial charge in [-0.2, -0.15) is 0 Å². The van der Waals surface area contributed by atoms with Crippen LogP contribution in [0.5, 0.6) is 0 Å². The number of carbonyl (C=O) groups excluding carboxylic acids is 1. The lowest BCUT2D eigenvalue weighted by Gasteiger charge is -2.48. The van der Waals surface area contributed by atoms with Crippen LogP contribution in [-0.4, -0.2) is 193 Å². The molecule has 0 radical (unpaired) electrons. The van der Waals surface area contributed by atoms with Crippen molar-refractivity contribution >= 4 is 5.91 Å². The number of hydrogen-bond acceptors (Lipinski definition) is 18. The largest absolute Gasteiger partial charge is 0.394 e. The van der Waals surface area contributed by atoms with Crippen LogP contribution in [0.2, 0.25) is 0 Å². The minimum atomic E-state index is -1.98. The van der Waals surface area contributed by atoms with Gasteiger partial charge in [0, 0.05) is 6.42 Å². The molecule has 0 aromatic carbocycles. The van der Waals surface area contributed by atoms with Crippen LogP contribution in [0.25, 0.3) is 0 Å². The fraction of sp³-hybridized carbons (Fsp3) is 0.873. The summed E-state index contributed by atoms with van der Waals surface area (Å²) in [4.78, 5) is 13.3. The molecule has 3 aliphatic heterocycles. The van der Waals surface area contributed by atoms with E-state index in [1.807, 2.05) is 6.08 Å². The van der Waals surface area contributed by atoms with Gasteiger partial charge in [-0.25, -0.2) is 0 Å². The first-order valence-corrected chi connectivity index (χ1v) is 28.2. The average molecular weight is 1060 g/mol. The molecular formula is C55H99NO18. The molecule has 12 N–H and O–H groups in total. The topological polar surface area (TPSA) is 307 Å². The van der Waals surface area contributed by atoms with E-state index in [0.29, 0.717) is 12.8 Å². The number of rotatable bonds is 40. The molecule has 74 heavy (non-hydrogen) atoms. The number of aliphatic hydroxyl groups is 11. The molecule has 0 saturated carbocycles. The summed E-state index contributed by atoms with van der Waals surface area (Å²) < 4.78 is 34.1. The summed E-state index contributed by atoms with van der Waals surface area (Å²) in [5.41, 5.74) is 0. The van der Waals surface area contributed by atoms with Crippen molar-refractivity contribution in [2.24, 2.45) is 0 Å². The fourth-order valence-corrected chi connectivity index (χ4v) is 9.46. The van der Waals surface area contributed by atoms with Crippen LogP contribution >= 0.6 is 0 Å². The summed E-state index contributed by atoms with van der Waals surface area (Å²) in [6.45, 7) is 1.60. The van der Waals surface area contributed by atoms with Crippen LogP contribution in [0, 0.1) is 0 Å². The highest BCUT2D eigenvalue weighted by atomic mass is 16.8. The predicted molar refractivity (Wildman–Crippen MR) is 277 cm³/mol. The van der Waals surface area contributed by atoms with Crippen molar-refractivity contribution < 1.29 is 89.4 Å². The molecule has 3 saturated heterocycles. The lowest BCUT2D eigenvalue weighted by atomic mass is 9.96. The van der Waals surface area contributed by atoms with E-state index < -0.39 is 124 Å². The molecule has 17 unspecified atom stereocenters. The third-order valence-corrected chi connectivity index (χ3v) is 14.2. The molecule has 3 heterocycles. The molecule has 0 aliphatic carbocycles. The molecule has 432 valence electrons. The van der Waals surface area contributed by atoms with Crippen LogP contribution in [0.15, 0.2) is 36.5 Å². The van der Waals surface area contributed by atoms with Crippen LogP contribution < -0.4 is 5.32 Å². The van der Waals surface area contributed by atoms with E-state index >= 15 is 0 Å². The Balaban J connectivity index is 1.52. The van der Waals surface area contributed by atoms with Crippen molar-refractivity contribution in [3.63, 3.8) is 0 Å². The smallest absolute Gasteiger partial charge is 0.220 e. The summed E-state index contributed by atoms with van der Waals surface area (Å²) >= 11 is 0. The highest BCUT2D eigenvalue weighted by Gasteiger charge is 2.53. The van der Waals surface area contributed by atoms with Gasteiger partial charge in [0.05, 0.1) is 38.6 Å². The van der Waals surface area contributed by atoms with Gasteiger partial charge in [-0.15, -0.1) is 0 Å². The van der Waals surface area contributed by atoms with Crippen molar-refractivity contribution in [3.8, 4) is 0 Å². The summed E-state index contributed by atoms with van der Waals surface area (Å²) in [6.07, 6.45) is 12.9. The Morgan fingerprint density at radius 3 is 1.32 bits per heavy atom. The van der Waals surface area contributed by atoms with Crippen LogP contribution in [-0.2, 0) is 33.2 Å². The summed E-state index contributed by atoms with van der Waals surface area (Å²) in [6, 6.07) is -0.991. The minimum absolute atomic E-state index is 0.235. The van der Waals surface area contributed by atoms with Gasteiger partial charge in [0.15, 0.2) is 18.9 Å². The van der Waals surface area contributed by atoms with E-state index in [1.54, 1.807) is 6.08 Å². The first-order chi connectivity index (χ1) is 35.8. The number of hydrogen-bond donors (Lipinski definition) is 12. The van der Waals surface area contributed by atoms with Gasteiger partial charge in [-0.1, -0.05) is 166 Å². The zero-order valence-corrected chi connectivity index (χ0v) is 44.6. The number of aliphatic hydroxyl groups excluding tert-OH is 11. The molecule has 0 bridgehead atoms. The molecule has 1 amide bonds. The minimum Gasteiger partial charge on any atom is -0.394 e. The Bertz CT molecular complexity index is 1500. The Morgan fingerprint density at radius 2 is 0.865 bits per heavy atom. The summed E-state index contributed by atoms with van der Waals surface area (Å²) in [7, 11) is 0. The highest BCUT2D eigenvalue weighted by Crippen LogP contribution is 2.33. The molecule has 0 aromatic heterocycles. The molecule has 19 heteroatoms. The summed E-state index contributed by atoms with van der Waals surface area (Å²) in [5, 5.41) is 120. The third kappa shape index (κ3) is 23.9. The van der Waals surface area contributed by atoms with Gasteiger partial charge in [-0.3, -0.25) is 4.79 Å². The molecule has 3 aliphatic rings. The molecular weight excluding hydrogens is 963 g/mol. The normalized spacial score (nSPS) is 31.7. The molecule has 3 fully saturated rings. The van der Waals surface area contributed by atoms with Crippen molar-refractivity contribution in [1.82, 2.24) is 5.32 Å². The van der Waals surface area contributed by atoms with Crippen molar-refractivity contribution in [2.45, 2.75) is 279 Å². The lowest BCUT2D eigenvalue weighted by Crippen LogP contribution is -2.66. The fourth-order valence-electron chi connectivity index (χ4n) is 9.46. The van der Waals surface area contributed by atoms with Gasteiger partial charge >= 0.3 is 0 Å². The van der Waals surface area contributed by atoms with E-state index in [0.717, 1.165) is 51.4 Å². The quantitative estimate of drug-likeness (QED) is 0.0307.